The topological polar surface area (TPSA) is 43.8 Å². The van der Waals surface area contributed by atoms with E-state index >= 15 is 0 Å². The first-order chi connectivity index (χ1) is 5.49. The number of nitrogens with two attached hydrogens (primary N) is 1. The maximum absolute atomic E-state index is 11.7. The summed E-state index contributed by atoms with van der Waals surface area (Å²) in [5.74, 6) is 0.249. The van der Waals surface area contributed by atoms with E-state index in [-0.39, 0.29) is 12.4 Å². The van der Waals surface area contributed by atoms with Crippen molar-refractivity contribution in [3.05, 3.63) is 12.3 Å². The van der Waals surface area contributed by atoms with Crippen LogP contribution >= 0.6 is 0 Å². The van der Waals surface area contributed by atoms with Crippen LogP contribution in [0, 0.1) is 0 Å². The predicted molar refractivity (Wildman–Crippen MR) is 37.3 cm³/mol. The van der Waals surface area contributed by atoms with Gasteiger partial charge >= 0.3 is 6.18 Å². The molecule has 12 heavy (non-hydrogen) atoms. The summed E-state index contributed by atoms with van der Waals surface area (Å²) < 4.78 is 36.2. The first-order valence-electron chi connectivity index (χ1n) is 3.33. The Balaban J connectivity index is 2.49. The van der Waals surface area contributed by atoms with Gasteiger partial charge in [-0.3, -0.25) is 0 Å². The molecule has 0 fully saturated rings. The molecule has 0 saturated heterocycles. The van der Waals surface area contributed by atoms with Crippen LogP contribution in [0.4, 0.5) is 19.0 Å². The molecule has 0 aliphatic carbocycles. The molecule has 0 unspecified atom stereocenters. The van der Waals surface area contributed by atoms with Gasteiger partial charge in [0.15, 0.2) is 0 Å². The Labute approximate surface area is 67.0 Å². The highest BCUT2D eigenvalue weighted by molar-refractivity contribution is 5.25. The SMILES string of the molecule is Nc1ccnn1CCC(F)(F)F. The molecule has 1 heterocycles. The third-order valence-electron chi connectivity index (χ3n) is 1.36. The highest BCUT2D eigenvalue weighted by Crippen LogP contribution is 2.20. The van der Waals surface area contributed by atoms with Gasteiger partial charge in [0.05, 0.1) is 19.2 Å². The third-order valence-corrected chi connectivity index (χ3v) is 1.36. The van der Waals surface area contributed by atoms with E-state index in [2.05, 4.69) is 5.10 Å². The summed E-state index contributed by atoms with van der Waals surface area (Å²) in [5, 5.41) is 3.61. The van der Waals surface area contributed by atoms with Gasteiger partial charge in [0, 0.05) is 0 Å². The summed E-state index contributed by atoms with van der Waals surface area (Å²) >= 11 is 0. The first kappa shape index (κ1) is 8.89. The maximum atomic E-state index is 11.7. The molecule has 68 valence electrons. The van der Waals surface area contributed by atoms with Gasteiger partial charge in [0.1, 0.15) is 5.82 Å². The smallest absolute Gasteiger partial charge is 0.384 e. The van der Waals surface area contributed by atoms with Gasteiger partial charge in [-0.25, -0.2) is 4.68 Å². The summed E-state index contributed by atoms with van der Waals surface area (Å²) in [7, 11) is 0. The van der Waals surface area contributed by atoms with E-state index in [1.165, 1.54) is 12.3 Å². The highest BCUT2D eigenvalue weighted by Gasteiger charge is 2.26. The largest absolute Gasteiger partial charge is 0.390 e. The Morgan fingerprint density at radius 1 is 1.50 bits per heavy atom. The van der Waals surface area contributed by atoms with E-state index in [9.17, 15) is 13.2 Å². The molecular weight excluding hydrogens is 171 g/mol. The van der Waals surface area contributed by atoms with Crippen LogP contribution < -0.4 is 5.73 Å². The molecule has 0 aliphatic heterocycles. The van der Waals surface area contributed by atoms with E-state index in [1.807, 2.05) is 0 Å². The van der Waals surface area contributed by atoms with E-state index in [1.54, 1.807) is 0 Å². The Kier molecular flexibility index (Phi) is 2.25. The van der Waals surface area contributed by atoms with E-state index in [0.29, 0.717) is 0 Å². The Bertz CT molecular complexity index is 253. The van der Waals surface area contributed by atoms with Crippen LogP contribution in [-0.4, -0.2) is 16.0 Å². The molecule has 0 bridgehead atoms. The van der Waals surface area contributed by atoms with Gasteiger partial charge in [-0.15, -0.1) is 0 Å². The molecule has 0 atom stereocenters. The number of aromatic nitrogens is 2. The van der Waals surface area contributed by atoms with Crippen LogP contribution in [0.5, 0.6) is 0 Å². The van der Waals surface area contributed by atoms with Crippen LogP contribution in [0.1, 0.15) is 6.42 Å². The second-order valence-electron chi connectivity index (χ2n) is 2.34. The molecule has 0 amide bonds. The van der Waals surface area contributed by atoms with Crippen molar-refractivity contribution in [3.8, 4) is 0 Å². The fourth-order valence-corrected chi connectivity index (χ4v) is 0.762. The van der Waals surface area contributed by atoms with Crippen molar-refractivity contribution in [1.29, 1.82) is 0 Å². The van der Waals surface area contributed by atoms with E-state index in [0.717, 1.165) is 4.68 Å². The molecule has 3 nitrogen and oxygen atoms in total. The molecule has 2 N–H and O–H groups in total. The normalized spacial score (nSPS) is 11.9. The van der Waals surface area contributed by atoms with Crippen LogP contribution in [0.15, 0.2) is 12.3 Å². The second-order valence-corrected chi connectivity index (χ2v) is 2.34. The van der Waals surface area contributed by atoms with Gasteiger partial charge in [0.25, 0.3) is 0 Å². The minimum Gasteiger partial charge on any atom is -0.384 e. The van der Waals surface area contributed by atoms with Gasteiger partial charge in [0.2, 0.25) is 0 Å². The van der Waals surface area contributed by atoms with Crippen molar-refractivity contribution >= 4 is 5.82 Å². The number of alkyl halides is 3. The molecule has 0 spiro atoms. The quantitative estimate of drug-likeness (QED) is 0.746. The predicted octanol–water partition coefficient (Wildman–Crippen LogP) is 1.42. The second kappa shape index (κ2) is 3.04. The molecule has 0 saturated carbocycles. The molecular formula is C6H8F3N3. The van der Waals surface area contributed by atoms with Crippen molar-refractivity contribution < 1.29 is 13.2 Å². The van der Waals surface area contributed by atoms with Gasteiger partial charge < -0.3 is 5.73 Å². The third kappa shape index (κ3) is 2.44. The van der Waals surface area contributed by atoms with Crippen molar-refractivity contribution in [2.45, 2.75) is 19.1 Å². The average Bonchev–Trinajstić information content (AvgIpc) is 2.29. The standard InChI is InChI=1S/C6H8F3N3/c7-6(8,9)2-4-12-5(10)1-3-11-12/h1,3H,2,4,10H2. The lowest BCUT2D eigenvalue weighted by molar-refractivity contribution is -0.137. The van der Waals surface area contributed by atoms with Crippen molar-refractivity contribution in [1.82, 2.24) is 9.78 Å². The molecule has 0 radical (unpaired) electrons. The molecule has 1 rings (SSSR count). The minimum atomic E-state index is -4.15. The molecule has 1 aromatic rings. The Morgan fingerprint density at radius 3 is 2.58 bits per heavy atom. The molecule has 0 aliphatic rings. The fraction of sp³-hybridized carbons (Fsp3) is 0.500. The van der Waals surface area contributed by atoms with Crippen LogP contribution in [0.3, 0.4) is 0 Å². The molecule has 6 heteroatoms. The number of hydrogen-bond acceptors (Lipinski definition) is 2. The summed E-state index contributed by atoms with van der Waals surface area (Å²) in [4.78, 5) is 0. The van der Waals surface area contributed by atoms with Crippen molar-refractivity contribution in [2.24, 2.45) is 0 Å². The van der Waals surface area contributed by atoms with Crippen LogP contribution in [0.25, 0.3) is 0 Å². The number of anilines is 1. The van der Waals surface area contributed by atoms with Crippen molar-refractivity contribution in [3.63, 3.8) is 0 Å². The average molecular weight is 179 g/mol. The zero-order valence-corrected chi connectivity index (χ0v) is 6.17. The lowest BCUT2D eigenvalue weighted by Gasteiger charge is -2.06. The lowest BCUT2D eigenvalue weighted by Crippen LogP contribution is -2.14. The first-order valence-corrected chi connectivity index (χ1v) is 3.33. The summed E-state index contributed by atoms with van der Waals surface area (Å²) in [5.41, 5.74) is 5.30. The number of hydrogen-bond donors (Lipinski definition) is 1. The number of halogens is 3. The van der Waals surface area contributed by atoms with Crippen molar-refractivity contribution in [2.75, 3.05) is 5.73 Å². The number of rotatable bonds is 2. The Hall–Kier alpha value is -1.20. The number of nitrogen functional groups attached to an aromatic ring is 1. The minimum absolute atomic E-state index is 0.220. The maximum Gasteiger partial charge on any atom is 0.390 e. The number of nitrogens with zero attached hydrogens (tertiary/aromatic N) is 2. The lowest BCUT2D eigenvalue weighted by atomic mass is 10.4. The van der Waals surface area contributed by atoms with E-state index < -0.39 is 12.6 Å². The van der Waals surface area contributed by atoms with Gasteiger partial charge in [-0.05, 0) is 6.07 Å². The summed E-state index contributed by atoms with van der Waals surface area (Å²) in [6, 6.07) is 1.45. The zero-order chi connectivity index (χ0) is 9.19. The molecule has 0 aromatic carbocycles. The fourth-order valence-electron chi connectivity index (χ4n) is 0.762. The molecule has 1 aromatic heterocycles. The van der Waals surface area contributed by atoms with Gasteiger partial charge in [-0.1, -0.05) is 0 Å². The Morgan fingerprint density at radius 2 is 2.17 bits per heavy atom. The summed E-state index contributed by atoms with van der Waals surface area (Å²) in [6.07, 6.45) is -3.69. The monoisotopic (exact) mass is 179 g/mol. The number of aryl methyl sites for hydroxylation is 1. The summed E-state index contributed by atoms with van der Waals surface area (Å²) in [6.45, 7) is -0.220. The van der Waals surface area contributed by atoms with Crippen LogP contribution in [-0.2, 0) is 6.54 Å². The zero-order valence-electron chi connectivity index (χ0n) is 6.17. The van der Waals surface area contributed by atoms with Gasteiger partial charge in [-0.2, -0.15) is 18.3 Å². The van der Waals surface area contributed by atoms with E-state index in [4.69, 9.17) is 5.73 Å². The highest BCUT2D eigenvalue weighted by atomic mass is 19.4. The van der Waals surface area contributed by atoms with Crippen LogP contribution in [0.2, 0.25) is 0 Å².